The number of nitrogens with one attached hydrogen (secondary N) is 1. The molecule has 0 aliphatic heterocycles. The fourth-order valence-electron chi connectivity index (χ4n) is 2.30. The molecule has 0 aliphatic carbocycles. The van der Waals surface area contributed by atoms with Crippen molar-refractivity contribution >= 4 is 11.9 Å². The van der Waals surface area contributed by atoms with Crippen LogP contribution in [0.5, 0.6) is 0 Å². The molecule has 1 amide bonds. The lowest BCUT2D eigenvalue weighted by atomic mass is 10.1. The number of hydrogen-bond donors (Lipinski definition) is 1. The number of methoxy groups -OCH3 is 1. The zero-order valence-electron chi connectivity index (χ0n) is 13.5. The van der Waals surface area contributed by atoms with Crippen molar-refractivity contribution in [2.45, 2.75) is 13.1 Å². The quantitative estimate of drug-likeness (QED) is 0.826. The summed E-state index contributed by atoms with van der Waals surface area (Å²) in [6.07, 6.45) is 1.48. The zero-order valence-corrected chi connectivity index (χ0v) is 13.5. The van der Waals surface area contributed by atoms with Gasteiger partial charge < -0.3 is 14.5 Å². The van der Waals surface area contributed by atoms with Gasteiger partial charge in [0.15, 0.2) is 0 Å². The maximum Gasteiger partial charge on any atom is 0.374 e. The third-order valence-electron chi connectivity index (χ3n) is 3.45. The van der Waals surface area contributed by atoms with Crippen LogP contribution in [0.3, 0.4) is 0 Å². The van der Waals surface area contributed by atoms with E-state index in [1.807, 2.05) is 24.1 Å². The van der Waals surface area contributed by atoms with E-state index in [4.69, 9.17) is 9.15 Å². The molecule has 0 spiro atoms. The number of ether oxygens (including phenoxy) is 1. The second-order valence-electron chi connectivity index (χ2n) is 5.21. The van der Waals surface area contributed by atoms with Crippen LogP contribution in [0.15, 0.2) is 41.0 Å². The number of esters is 1. The smallest absolute Gasteiger partial charge is 0.374 e. The van der Waals surface area contributed by atoms with E-state index in [-0.39, 0.29) is 11.7 Å². The highest BCUT2D eigenvalue weighted by atomic mass is 16.5. The average molecular weight is 316 g/mol. The summed E-state index contributed by atoms with van der Waals surface area (Å²) < 4.78 is 9.87. The summed E-state index contributed by atoms with van der Waals surface area (Å²) in [5, 5.41) is 2.59. The van der Waals surface area contributed by atoms with Gasteiger partial charge in [-0.1, -0.05) is 12.1 Å². The molecule has 0 atom stereocenters. The normalized spacial score (nSPS) is 10.6. The molecular weight excluding hydrogens is 296 g/mol. The minimum Gasteiger partial charge on any atom is -0.463 e. The van der Waals surface area contributed by atoms with Crippen molar-refractivity contribution in [3.05, 3.63) is 59.0 Å². The Labute approximate surface area is 135 Å². The summed E-state index contributed by atoms with van der Waals surface area (Å²) in [4.78, 5) is 25.2. The Morgan fingerprint density at radius 1 is 1.17 bits per heavy atom. The maximum atomic E-state index is 11.6. The molecule has 23 heavy (non-hydrogen) atoms. The van der Waals surface area contributed by atoms with Crippen LogP contribution in [0, 0.1) is 0 Å². The Morgan fingerprint density at radius 2 is 1.87 bits per heavy atom. The first-order valence-electron chi connectivity index (χ1n) is 7.19. The SMILES string of the molecule is CNC(=O)c1ccc(CN(C)Cc2ccoc2C(=O)OC)cc1. The first-order valence-corrected chi connectivity index (χ1v) is 7.19. The van der Waals surface area contributed by atoms with Crippen LogP contribution < -0.4 is 5.32 Å². The van der Waals surface area contributed by atoms with Crippen LogP contribution in [-0.4, -0.2) is 38.0 Å². The molecule has 6 heteroatoms. The Morgan fingerprint density at radius 3 is 2.48 bits per heavy atom. The molecular formula is C17H20N2O4. The molecule has 0 unspecified atom stereocenters. The molecule has 0 bridgehead atoms. The van der Waals surface area contributed by atoms with Gasteiger partial charge in [0, 0.05) is 31.3 Å². The van der Waals surface area contributed by atoms with E-state index in [9.17, 15) is 9.59 Å². The van der Waals surface area contributed by atoms with Crippen molar-refractivity contribution in [1.29, 1.82) is 0 Å². The lowest BCUT2D eigenvalue weighted by molar-refractivity contribution is 0.0562. The second kappa shape index (κ2) is 7.60. The highest BCUT2D eigenvalue weighted by Crippen LogP contribution is 2.15. The van der Waals surface area contributed by atoms with E-state index in [0.717, 1.165) is 11.1 Å². The van der Waals surface area contributed by atoms with Gasteiger partial charge in [-0.15, -0.1) is 0 Å². The van der Waals surface area contributed by atoms with Gasteiger partial charge in [0.25, 0.3) is 5.91 Å². The number of furan rings is 1. The standard InChI is InChI=1S/C17H20N2O4/c1-18-16(20)13-6-4-12(5-7-13)10-19(2)11-14-8-9-23-15(14)17(21)22-3/h4-9H,10-11H2,1-3H3,(H,18,20). The zero-order chi connectivity index (χ0) is 16.8. The summed E-state index contributed by atoms with van der Waals surface area (Å²) in [7, 11) is 4.88. The van der Waals surface area contributed by atoms with E-state index < -0.39 is 5.97 Å². The fraction of sp³-hybridized carbons (Fsp3) is 0.294. The van der Waals surface area contributed by atoms with Crippen LogP contribution in [0.1, 0.15) is 32.0 Å². The van der Waals surface area contributed by atoms with Crippen molar-refractivity contribution in [3.8, 4) is 0 Å². The molecule has 0 aliphatic rings. The van der Waals surface area contributed by atoms with Crippen LogP contribution in [0.25, 0.3) is 0 Å². The summed E-state index contributed by atoms with van der Waals surface area (Å²) >= 11 is 0. The number of carbonyl (C=O) groups is 2. The van der Waals surface area contributed by atoms with E-state index in [2.05, 4.69) is 5.32 Å². The fourth-order valence-corrected chi connectivity index (χ4v) is 2.30. The van der Waals surface area contributed by atoms with Crippen molar-refractivity contribution in [2.24, 2.45) is 0 Å². The third kappa shape index (κ3) is 4.20. The highest BCUT2D eigenvalue weighted by Gasteiger charge is 2.17. The van der Waals surface area contributed by atoms with Gasteiger partial charge in [0.2, 0.25) is 5.76 Å². The van der Waals surface area contributed by atoms with Gasteiger partial charge in [-0.25, -0.2) is 4.79 Å². The average Bonchev–Trinajstić information content (AvgIpc) is 3.02. The van der Waals surface area contributed by atoms with E-state index >= 15 is 0 Å². The summed E-state index contributed by atoms with van der Waals surface area (Å²) in [5.41, 5.74) is 2.48. The molecule has 1 N–H and O–H groups in total. The molecule has 2 rings (SSSR count). The number of hydrogen-bond acceptors (Lipinski definition) is 5. The lowest BCUT2D eigenvalue weighted by Crippen LogP contribution is -2.19. The van der Waals surface area contributed by atoms with Crippen molar-refractivity contribution in [3.63, 3.8) is 0 Å². The minimum absolute atomic E-state index is 0.106. The number of nitrogens with zero attached hydrogens (tertiary/aromatic N) is 1. The summed E-state index contributed by atoms with van der Waals surface area (Å²) in [6.45, 7) is 1.23. The van der Waals surface area contributed by atoms with Gasteiger partial charge in [0.1, 0.15) is 0 Å². The Kier molecular flexibility index (Phi) is 5.54. The highest BCUT2D eigenvalue weighted by molar-refractivity contribution is 5.93. The number of benzene rings is 1. The number of carbonyl (C=O) groups excluding carboxylic acids is 2. The molecule has 6 nitrogen and oxygen atoms in total. The first-order chi connectivity index (χ1) is 11.0. The number of rotatable bonds is 6. The first kappa shape index (κ1) is 16.8. The van der Waals surface area contributed by atoms with Crippen LogP contribution >= 0.6 is 0 Å². The van der Waals surface area contributed by atoms with Gasteiger partial charge in [-0.2, -0.15) is 0 Å². The largest absolute Gasteiger partial charge is 0.463 e. The Bertz CT molecular complexity index is 676. The van der Waals surface area contributed by atoms with Crippen molar-refractivity contribution in [1.82, 2.24) is 10.2 Å². The van der Waals surface area contributed by atoms with Crippen LogP contribution in [-0.2, 0) is 17.8 Å². The predicted molar refractivity (Wildman–Crippen MR) is 85.1 cm³/mol. The summed E-state index contributed by atoms with van der Waals surface area (Å²) in [6, 6.07) is 9.17. The van der Waals surface area contributed by atoms with Gasteiger partial charge in [-0.3, -0.25) is 9.69 Å². The molecule has 2 aromatic rings. The van der Waals surface area contributed by atoms with E-state index in [1.54, 1.807) is 25.2 Å². The van der Waals surface area contributed by atoms with Crippen LogP contribution in [0.4, 0.5) is 0 Å². The van der Waals surface area contributed by atoms with E-state index in [1.165, 1.54) is 13.4 Å². The Balaban J connectivity index is 2.00. The van der Waals surface area contributed by atoms with Gasteiger partial charge >= 0.3 is 5.97 Å². The predicted octanol–water partition coefficient (Wildman–Crippen LogP) is 2.06. The molecule has 0 fully saturated rings. The van der Waals surface area contributed by atoms with Gasteiger partial charge in [0.05, 0.1) is 13.4 Å². The number of amides is 1. The monoisotopic (exact) mass is 316 g/mol. The second-order valence-corrected chi connectivity index (χ2v) is 5.21. The molecule has 0 radical (unpaired) electrons. The van der Waals surface area contributed by atoms with Crippen molar-refractivity contribution < 1.29 is 18.7 Å². The molecule has 1 aromatic carbocycles. The molecule has 0 saturated heterocycles. The van der Waals surface area contributed by atoms with Crippen molar-refractivity contribution in [2.75, 3.05) is 21.2 Å². The minimum atomic E-state index is -0.478. The van der Waals surface area contributed by atoms with Crippen LogP contribution in [0.2, 0.25) is 0 Å². The molecule has 122 valence electrons. The topological polar surface area (TPSA) is 71.8 Å². The molecule has 1 heterocycles. The van der Waals surface area contributed by atoms with E-state index in [0.29, 0.717) is 18.7 Å². The Hall–Kier alpha value is -2.60. The van der Waals surface area contributed by atoms with Gasteiger partial charge in [-0.05, 0) is 30.8 Å². The lowest BCUT2D eigenvalue weighted by Gasteiger charge is -2.16. The summed E-state index contributed by atoms with van der Waals surface area (Å²) in [5.74, 6) is -0.353. The third-order valence-corrected chi connectivity index (χ3v) is 3.45. The maximum absolute atomic E-state index is 11.6. The molecule has 0 saturated carbocycles. The molecule has 1 aromatic heterocycles.